The van der Waals surface area contributed by atoms with E-state index in [0.717, 1.165) is 24.3 Å². The first kappa shape index (κ1) is 17.4. The van der Waals surface area contributed by atoms with Crippen molar-refractivity contribution in [3.05, 3.63) is 66.7 Å². The molecular formula is C13H6Cl2N2O7. The summed E-state index contributed by atoms with van der Waals surface area (Å²) in [4.78, 5) is 31.7. The molecular weight excluding hydrogens is 367 g/mol. The van der Waals surface area contributed by atoms with E-state index in [1.165, 1.54) is 12.1 Å². The number of hydrogen-bond donors (Lipinski definition) is 0. The van der Waals surface area contributed by atoms with Crippen molar-refractivity contribution in [1.82, 2.24) is 0 Å². The van der Waals surface area contributed by atoms with Crippen LogP contribution in [0, 0.1) is 20.2 Å². The number of ether oxygens (including phenoxy) is 2. The summed E-state index contributed by atoms with van der Waals surface area (Å²) < 4.78 is 9.54. The molecule has 0 N–H and O–H groups in total. The average Bonchev–Trinajstić information content (AvgIpc) is 2.51. The Morgan fingerprint density at radius 3 is 1.54 bits per heavy atom. The van der Waals surface area contributed by atoms with Crippen LogP contribution in [0.5, 0.6) is 11.5 Å². The molecule has 11 heteroatoms. The fourth-order valence-electron chi connectivity index (χ4n) is 1.57. The van der Waals surface area contributed by atoms with Gasteiger partial charge in [-0.15, -0.1) is 0 Å². The molecule has 0 bridgehead atoms. The maximum atomic E-state index is 11.7. The lowest BCUT2D eigenvalue weighted by Gasteiger charge is -2.08. The Hall–Kier alpha value is -2.91. The largest absolute Gasteiger partial charge is 0.519 e. The zero-order chi connectivity index (χ0) is 17.9. The van der Waals surface area contributed by atoms with Gasteiger partial charge in [-0.2, -0.15) is 0 Å². The van der Waals surface area contributed by atoms with E-state index in [-0.39, 0.29) is 32.9 Å². The number of nitro benzene ring substituents is 2. The second kappa shape index (κ2) is 7.11. The van der Waals surface area contributed by atoms with Gasteiger partial charge in [0.2, 0.25) is 0 Å². The lowest BCUT2D eigenvalue weighted by atomic mass is 10.3. The van der Waals surface area contributed by atoms with Gasteiger partial charge in [0.1, 0.15) is 0 Å². The lowest BCUT2D eigenvalue weighted by Crippen LogP contribution is -2.14. The molecule has 2 aromatic carbocycles. The normalized spacial score (nSPS) is 10.1. The van der Waals surface area contributed by atoms with Gasteiger partial charge in [0.15, 0.2) is 11.5 Å². The van der Waals surface area contributed by atoms with Crippen LogP contribution in [-0.2, 0) is 0 Å². The number of nitrogens with zero attached hydrogens (tertiary/aromatic N) is 2. The second-order valence-corrected chi connectivity index (χ2v) is 5.01. The molecule has 0 unspecified atom stereocenters. The van der Waals surface area contributed by atoms with Crippen LogP contribution in [0.4, 0.5) is 16.2 Å². The van der Waals surface area contributed by atoms with E-state index in [1.54, 1.807) is 0 Å². The Morgan fingerprint density at radius 1 is 0.833 bits per heavy atom. The lowest BCUT2D eigenvalue weighted by molar-refractivity contribution is -0.385. The van der Waals surface area contributed by atoms with Crippen LogP contribution >= 0.6 is 23.2 Å². The highest BCUT2D eigenvalue weighted by atomic mass is 35.5. The van der Waals surface area contributed by atoms with Crippen LogP contribution in [0.1, 0.15) is 0 Å². The maximum Gasteiger partial charge on any atom is 0.519 e. The Morgan fingerprint density at radius 2 is 1.21 bits per heavy atom. The molecule has 0 radical (unpaired) electrons. The molecule has 0 aliphatic carbocycles. The summed E-state index contributed by atoms with van der Waals surface area (Å²) in [6, 6.07) is 6.44. The number of carbonyl (C=O) groups excluding carboxylic acids is 1. The number of benzene rings is 2. The second-order valence-electron chi connectivity index (χ2n) is 4.20. The molecule has 2 rings (SSSR count). The van der Waals surface area contributed by atoms with Crippen LogP contribution in [0.2, 0.25) is 10.0 Å². The van der Waals surface area contributed by atoms with Crippen LogP contribution in [0.25, 0.3) is 0 Å². The van der Waals surface area contributed by atoms with Crippen LogP contribution in [0.3, 0.4) is 0 Å². The fourth-order valence-corrected chi connectivity index (χ4v) is 1.88. The van der Waals surface area contributed by atoms with E-state index in [9.17, 15) is 25.0 Å². The van der Waals surface area contributed by atoms with Gasteiger partial charge in [0.05, 0.1) is 32.0 Å². The van der Waals surface area contributed by atoms with Crippen molar-refractivity contribution < 1.29 is 24.1 Å². The molecule has 0 spiro atoms. The van der Waals surface area contributed by atoms with E-state index in [1.807, 2.05) is 0 Å². The van der Waals surface area contributed by atoms with Crippen molar-refractivity contribution in [3.8, 4) is 11.5 Å². The topological polar surface area (TPSA) is 122 Å². The third-order valence-electron chi connectivity index (χ3n) is 2.64. The predicted octanol–water partition coefficient (Wildman–Crippen LogP) is 4.39. The minimum Gasteiger partial charge on any atom is -0.393 e. The first-order valence-electron chi connectivity index (χ1n) is 6.05. The zero-order valence-electron chi connectivity index (χ0n) is 11.5. The minimum atomic E-state index is -1.32. The smallest absolute Gasteiger partial charge is 0.393 e. The summed E-state index contributed by atoms with van der Waals surface area (Å²) >= 11 is 11.6. The summed E-state index contributed by atoms with van der Waals surface area (Å²) in [5.74, 6) is -0.616. The molecule has 0 fully saturated rings. The maximum absolute atomic E-state index is 11.7. The fraction of sp³-hybridized carbons (Fsp3) is 0. The Bertz CT molecular complexity index is 774. The van der Waals surface area contributed by atoms with E-state index in [2.05, 4.69) is 0 Å². The molecule has 124 valence electrons. The number of rotatable bonds is 4. The first-order valence-corrected chi connectivity index (χ1v) is 6.81. The summed E-state index contributed by atoms with van der Waals surface area (Å²) in [6.45, 7) is 0. The Labute approximate surface area is 143 Å². The van der Waals surface area contributed by atoms with Gasteiger partial charge in [-0.1, -0.05) is 23.2 Å². The van der Waals surface area contributed by atoms with Gasteiger partial charge in [-0.05, 0) is 12.1 Å². The molecule has 2 aromatic rings. The number of nitro groups is 2. The number of non-ortho nitro benzene ring substituents is 2. The van der Waals surface area contributed by atoms with Gasteiger partial charge in [-0.3, -0.25) is 20.2 Å². The van der Waals surface area contributed by atoms with E-state index in [0.29, 0.717) is 0 Å². The summed E-state index contributed by atoms with van der Waals surface area (Å²) in [5, 5.41) is 21.3. The summed E-state index contributed by atoms with van der Waals surface area (Å²) in [7, 11) is 0. The SMILES string of the molecule is O=C(Oc1cc([N+](=O)[O-])ccc1Cl)Oc1cc([N+](=O)[O-])ccc1Cl. The van der Waals surface area contributed by atoms with Crippen LogP contribution in [0.15, 0.2) is 36.4 Å². The van der Waals surface area contributed by atoms with E-state index >= 15 is 0 Å². The van der Waals surface area contributed by atoms with Gasteiger partial charge >= 0.3 is 6.16 Å². The monoisotopic (exact) mass is 372 g/mol. The van der Waals surface area contributed by atoms with Gasteiger partial charge in [-0.25, -0.2) is 4.79 Å². The van der Waals surface area contributed by atoms with Gasteiger partial charge in [0, 0.05) is 12.1 Å². The highest BCUT2D eigenvalue weighted by molar-refractivity contribution is 6.32. The molecule has 0 saturated carbocycles. The molecule has 24 heavy (non-hydrogen) atoms. The Balaban J connectivity index is 2.20. The molecule has 0 heterocycles. The molecule has 0 saturated heterocycles. The summed E-state index contributed by atoms with van der Waals surface area (Å²) in [5.41, 5.74) is -0.703. The van der Waals surface area contributed by atoms with Crippen LogP contribution in [-0.4, -0.2) is 16.0 Å². The summed E-state index contributed by atoms with van der Waals surface area (Å²) in [6.07, 6.45) is -1.32. The molecule has 0 aliphatic heterocycles. The number of hydrogen-bond acceptors (Lipinski definition) is 7. The van der Waals surface area contributed by atoms with Crippen molar-refractivity contribution in [1.29, 1.82) is 0 Å². The van der Waals surface area contributed by atoms with Gasteiger partial charge in [0.25, 0.3) is 11.4 Å². The third-order valence-corrected chi connectivity index (χ3v) is 3.26. The zero-order valence-corrected chi connectivity index (χ0v) is 13.0. The number of halogens is 2. The van der Waals surface area contributed by atoms with Crippen molar-refractivity contribution in [3.63, 3.8) is 0 Å². The molecule has 9 nitrogen and oxygen atoms in total. The van der Waals surface area contributed by atoms with Crippen molar-refractivity contribution in [2.24, 2.45) is 0 Å². The first-order chi connectivity index (χ1) is 11.3. The molecule has 0 aliphatic rings. The average molecular weight is 373 g/mol. The van der Waals surface area contributed by atoms with E-state index < -0.39 is 16.0 Å². The van der Waals surface area contributed by atoms with Crippen molar-refractivity contribution in [2.45, 2.75) is 0 Å². The van der Waals surface area contributed by atoms with Gasteiger partial charge < -0.3 is 9.47 Å². The standard InChI is InChI=1S/C13H6Cl2N2O7/c14-9-3-1-7(16(19)20)5-11(9)23-13(18)24-12-6-8(17(21)22)2-4-10(12)15/h1-6H. The predicted molar refractivity (Wildman–Crippen MR) is 82.9 cm³/mol. The highest BCUT2D eigenvalue weighted by Gasteiger charge is 2.18. The van der Waals surface area contributed by atoms with E-state index in [4.69, 9.17) is 32.7 Å². The quantitative estimate of drug-likeness (QED) is 0.337. The van der Waals surface area contributed by atoms with Crippen LogP contribution < -0.4 is 9.47 Å². The molecule has 0 aromatic heterocycles. The molecule has 0 amide bonds. The third kappa shape index (κ3) is 4.09. The van der Waals surface area contributed by atoms with Crippen molar-refractivity contribution in [2.75, 3.05) is 0 Å². The Kier molecular flexibility index (Phi) is 5.17. The molecule has 0 atom stereocenters. The highest BCUT2D eigenvalue weighted by Crippen LogP contribution is 2.31. The number of carbonyl (C=O) groups is 1. The van der Waals surface area contributed by atoms with Crippen molar-refractivity contribution >= 4 is 40.7 Å². The minimum absolute atomic E-state index is 0.0670.